The molecule has 0 saturated carbocycles. The van der Waals surface area contributed by atoms with Gasteiger partial charge in [0.1, 0.15) is 0 Å². The molecule has 0 bridgehead atoms. The molecule has 0 aromatic carbocycles. The zero-order valence-electron chi connectivity index (χ0n) is 8.40. The molecular weight excluding hydrogens is 196 g/mol. The average molecular weight is 212 g/mol. The summed E-state index contributed by atoms with van der Waals surface area (Å²) >= 11 is 1.76. The summed E-state index contributed by atoms with van der Waals surface area (Å²) in [6.45, 7) is 3.75. The van der Waals surface area contributed by atoms with Crippen LogP contribution in [0, 0.1) is 0 Å². The largest absolute Gasteiger partial charge is 0.381 e. The summed E-state index contributed by atoms with van der Waals surface area (Å²) in [6.07, 6.45) is 4.12. The molecule has 1 unspecified atom stereocenters. The molecule has 1 aliphatic heterocycles. The molecule has 1 fully saturated rings. The van der Waals surface area contributed by atoms with E-state index in [2.05, 4.69) is 4.98 Å². The standard InChI is InChI=1S/C10H16N2OS/c1-7(11)9-6-12-10(14-9)8-2-4-13-5-3-8/h6-8H,2-5,11H2,1H3. The Morgan fingerprint density at radius 2 is 2.29 bits per heavy atom. The monoisotopic (exact) mass is 212 g/mol. The molecule has 2 N–H and O–H groups in total. The number of ether oxygens (including phenoxy) is 1. The Morgan fingerprint density at radius 3 is 2.86 bits per heavy atom. The molecule has 1 aromatic rings. The van der Waals surface area contributed by atoms with Crippen molar-refractivity contribution < 1.29 is 4.74 Å². The Bertz CT molecular complexity index is 292. The summed E-state index contributed by atoms with van der Waals surface area (Å²) in [5, 5.41) is 1.24. The van der Waals surface area contributed by atoms with E-state index in [0.717, 1.165) is 26.1 Å². The highest BCUT2D eigenvalue weighted by molar-refractivity contribution is 7.11. The number of aromatic nitrogens is 1. The number of hydrogen-bond acceptors (Lipinski definition) is 4. The highest BCUT2D eigenvalue weighted by Gasteiger charge is 2.19. The third-order valence-electron chi connectivity index (χ3n) is 2.56. The van der Waals surface area contributed by atoms with E-state index in [1.807, 2.05) is 13.1 Å². The molecule has 2 rings (SSSR count). The summed E-state index contributed by atoms with van der Waals surface area (Å²) < 4.78 is 5.33. The smallest absolute Gasteiger partial charge is 0.0960 e. The summed E-state index contributed by atoms with van der Waals surface area (Å²) in [5.74, 6) is 0.598. The van der Waals surface area contributed by atoms with Gasteiger partial charge in [0, 0.05) is 36.2 Å². The Labute approximate surface area is 88.3 Å². The number of nitrogens with zero attached hydrogens (tertiary/aromatic N) is 1. The lowest BCUT2D eigenvalue weighted by Gasteiger charge is -2.19. The van der Waals surface area contributed by atoms with Crippen molar-refractivity contribution in [1.29, 1.82) is 0 Å². The summed E-state index contributed by atoms with van der Waals surface area (Å²) in [6, 6.07) is 0.112. The first-order valence-corrected chi connectivity index (χ1v) is 5.88. The molecule has 1 aromatic heterocycles. The van der Waals surface area contributed by atoms with Gasteiger partial charge in [0.05, 0.1) is 5.01 Å². The molecule has 14 heavy (non-hydrogen) atoms. The van der Waals surface area contributed by atoms with Gasteiger partial charge in [-0.2, -0.15) is 0 Å². The van der Waals surface area contributed by atoms with Gasteiger partial charge in [-0.15, -0.1) is 11.3 Å². The SMILES string of the molecule is CC(N)c1cnc(C2CCOCC2)s1. The highest BCUT2D eigenvalue weighted by Crippen LogP contribution is 2.31. The summed E-state index contributed by atoms with van der Waals surface area (Å²) in [5.41, 5.74) is 5.80. The van der Waals surface area contributed by atoms with Gasteiger partial charge in [-0.1, -0.05) is 0 Å². The second kappa shape index (κ2) is 4.38. The number of rotatable bonds is 2. The average Bonchev–Trinajstić information content (AvgIpc) is 2.68. The molecule has 3 nitrogen and oxygen atoms in total. The number of nitrogens with two attached hydrogens (primary N) is 1. The molecule has 0 amide bonds. The summed E-state index contributed by atoms with van der Waals surface area (Å²) in [4.78, 5) is 5.63. The molecule has 1 aliphatic rings. The second-order valence-electron chi connectivity index (χ2n) is 3.78. The van der Waals surface area contributed by atoms with Gasteiger partial charge in [-0.3, -0.25) is 0 Å². The normalized spacial score (nSPS) is 21.0. The predicted octanol–water partition coefficient (Wildman–Crippen LogP) is 2.06. The fourth-order valence-electron chi connectivity index (χ4n) is 1.64. The Morgan fingerprint density at radius 1 is 1.57 bits per heavy atom. The molecule has 0 aliphatic carbocycles. The van der Waals surface area contributed by atoms with Gasteiger partial charge in [0.15, 0.2) is 0 Å². The van der Waals surface area contributed by atoms with Crippen molar-refractivity contribution in [3.8, 4) is 0 Å². The Balaban J connectivity index is 2.07. The molecule has 78 valence electrons. The van der Waals surface area contributed by atoms with E-state index in [-0.39, 0.29) is 6.04 Å². The van der Waals surface area contributed by atoms with Crippen LogP contribution in [0.15, 0.2) is 6.20 Å². The Hall–Kier alpha value is -0.450. The maximum atomic E-state index is 5.80. The minimum absolute atomic E-state index is 0.112. The lowest BCUT2D eigenvalue weighted by Crippen LogP contribution is -2.13. The van der Waals surface area contributed by atoms with Crippen LogP contribution in [0.5, 0.6) is 0 Å². The first kappa shape index (κ1) is 10.1. The van der Waals surface area contributed by atoms with Crippen molar-refractivity contribution in [2.45, 2.75) is 31.7 Å². The molecule has 1 saturated heterocycles. The van der Waals surface area contributed by atoms with Gasteiger partial charge >= 0.3 is 0 Å². The van der Waals surface area contributed by atoms with Crippen LogP contribution in [0.25, 0.3) is 0 Å². The van der Waals surface area contributed by atoms with Crippen molar-refractivity contribution >= 4 is 11.3 Å². The topological polar surface area (TPSA) is 48.1 Å². The van der Waals surface area contributed by atoms with Gasteiger partial charge in [0.2, 0.25) is 0 Å². The van der Waals surface area contributed by atoms with Crippen molar-refractivity contribution in [2.24, 2.45) is 5.73 Å². The number of hydrogen-bond donors (Lipinski definition) is 1. The lowest BCUT2D eigenvalue weighted by atomic mass is 10.0. The van der Waals surface area contributed by atoms with Crippen molar-refractivity contribution in [2.75, 3.05) is 13.2 Å². The van der Waals surface area contributed by atoms with Crippen LogP contribution in [-0.2, 0) is 4.74 Å². The van der Waals surface area contributed by atoms with Crippen molar-refractivity contribution in [3.05, 3.63) is 16.1 Å². The maximum absolute atomic E-state index is 5.80. The summed E-state index contributed by atoms with van der Waals surface area (Å²) in [7, 11) is 0. The van der Waals surface area contributed by atoms with Crippen LogP contribution in [0.1, 0.15) is 41.6 Å². The first-order chi connectivity index (χ1) is 6.77. The van der Waals surface area contributed by atoms with Crippen LogP contribution in [0.3, 0.4) is 0 Å². The second-order valence-corrected chi connectivity index (χ2v) is 4.87. The van der Waals surface area contributed by atoms with Crippen LogP contribution < -0.4 is 5.73 Å². The van der Waals surface area contributed by atoms with E-state index in [4.69, 9.17) is 10.5 Å². The molecule has 4 heteroatoms. The zero-order chi connectivity index (χ0) is 9.97. The van der Waals surface area contributed by atoms with Gasteiger partial charge in [0.25, 0.3) is 0 Å². The molecule has 1 atom stereocenters. The van der Waals surface area contributed by atoms with Crippen LogP contribution in [0.2, 0.25) is 0 Å². The lowest BCUT2D eigenvalue weighted by molar-refractivity contribution is 0.0853. The quantitative estimate of drug-likeness (QED) is 0.816. The third-order valence-corrected chi connectivity index (χ3v) is 3.92. The first-order valence-electron chi connectivity index (χ1n) is 5.06. The molecule has 0 radical (unpaired) electrons. The third kappa shape index (κ3) is 2.13. The van der Waals surface area contributed by atoms with E-state index in [1.54, 1.807) is 11.3 Å². The highest BCUT2D eigenvalue weighted by atomic mass is 32.1. The predicted molar refractivity (Wildman–Crippen MR) is 57.5 cm³/mol. The van der Waals surface area contributed by atoms with Crippen LogP contribution in [0.4, 0.5) is 0 Å². The molecule has 0 spiro atoms. The van der Waals surface area contributed by atoms with E-state index < -0.39 is 0 Å². The molecule has 2 heterocycles. The maximum Gasteiger partial charge on any atom is 0.0960 e. The van der Waals surface area contributed by atoms with E-state index in [9.17, 15) is 0 Å². The van der Waals surface area contributed by atoms with Crippen molar-refractivity contribution in [3.63, 3.8) is 0 Å². The van der Waals surface area contributed by atoms with Crippen LogP contribution in [-0.4, -0.2) is 18.2 Å². The van der Waals surface area contributed by atoms with Crippen LogP contribution >= 0.6 is 11.3 Å². The minimum Gasteiger partial charge on any atom is -0.381 e. The van der Waals surface area contributed by atoms with Gasteiger partial charge in [-0.05, 0) is 19.8 Å². The fraction of sp³-hybridized carbons (Fsp3) is 0.700. The minimum atomic E-state index is 0.112. The fourth-order valence-corrected chi connectivity index (χ4v) is 2.69. The van der Waals surface area contributed by atoms with E-state index in [0.29, 0.717) is 5.92 Å². The number of thiazole rings is 1. The Kier molecular flexibility index (Phi) is 3.15. The molecular formula is C10H16N2OS. The van der Waals surface area contributed by atoms with Crippen molar-refractivity contribution in [1.82, 2.24) is 4.98 Å². The van der Waals surface area contributed by atoms with E-state index in [1.165, 1.54) is 9.88 Å². The van der Waals surface area contributed by atoms with Gasteiger partial charge < -0.3 is 10.5 Å². The zero-order valence-corrected chi connectivity index (χ0v) is 9.22. The van der Waals surface area contributed by atoms with E-state index >= 15 is 0 Å². The van der Waals surface area contributed by atoms with Gasteiger partial charge in [-0.25, -0.2) is 4.98 Å².